The average molecular weight is 311 g/mol. The third kappa shape index (κ3) is 2.39. The average Bonchev–Trinajstić information content (AvgIpc) is 2.58. The standard InChI is InChI=1S/C15H13N5O3/c1-22-8-3-4-9(12(5-8)23-2)13-10(6-16)14(18)20(19)15(21)11(13)7-17/h3-5H,18-19H2,1-2H3. The van der Waals surface area contributed by atoms with Gasteiger partial charge in [-0.2, -0.15) is 10.5 Å². The van der Waals surface area contributed by atoms with Crippen molar-refractivity contribution in [1.82, 2.24) is 4.68 Å². The molecule has 1 aromatic heterocycles. The number of hydrogen-bond donors (Lipinski definition) is 2. The predicted octanol–water partition coefficient (Wildman–Crippen LogP) is 0.572. The first-order valence-electron chi connectivity index (χ1n) is 6.36. The second kappa shape index (κ2) is 6.00. The molecule has 2 rings (SSSR count). The summed E-state index contributed by atoms with van der Waals surface area (Å²) in [5, 5.41) is 18.7. The molecule has 23 heavy (non-hydrogen) atoms. The first kappa shape index (κ1) is 15.7. The number of nitrogen functional groups attached to an aromatic ring is 2. The molecule has 1 aromatic carbocycles. The zero-order valence-corrected chi connectivity index (χ0v) is 12.5. The number of anilines is 1. The SMILES string of the molecule is COc1ccc(-c2c(C#N)c(N)n(N)c(=O)c2C#N)c(OC)c1. The lowest BCUT2D eigenvalue weighted by molar-refractivity contribution is 0.395. The van der Waals surface area contributed by atoms with Gasteiger partial charge in [0.2, 0.25) is 0 Å². The lowest BCUT2D eigenvalue weighted by Crippen LogP contribution is -2.33. The molecule has 0 aliphatic heterocycles. The molecular formula is C15H13N5O3. The van der Waals surface area contributed by atoms with E-state index in [1.54, 1.807) is 24.3 Å². The van der Waals surface area contributed by atoms with E-state index in [1.165, 1.54) is 14.2 Å². The fourth-order valence-electron chi connectivity index (χ4n) is 2.20. The molecule has 1 heterocycles. The molecule has 0 radical (unpaired) electrons. The van der Waals surface area contributed by atoms with Gasteiger partial charge >= 0.3 is 0 Å². The molecule has 8 nitrogen and oxygen atoms in total. The number of hydrogen-bond acceptors (Lipinski definition) is 7. The Morgan fingerprint density at radius 3 is 2.30 bits per heavy atom. The third-order valence-corrected chi connectivity index (χ3v) is 3.35. The van der Waals surface area contributed by atoms with E-state index in [0.717, 1.165) is 0 Å². The lowest BCUT2D eigenvalue weighted by atomic mass is 9.95. The Kier molecular flexibility index (Phi) is 4.10. The van der Waals surface area contributed by atoms with Gasteiger partial charge in [0.05, 0.1) is 14.2 Å². The van der Waals surface area contributed by atoms with Crippen LogP contribution in [0.4, 0.5) is 5.82 Å². The van der Waals surface area contributed by atoms with E-state index >= 15 is 0 Å². The van der Waals surface area contributed by atoms with Crippen molar-refractivity contribution >= 4 is 5.82 Å². The topological polar surface area (TPSA) is 140 Å². The van der Waals surface area contributed by atoms with E-state index < -0.39 is 5.56 Å². The second-order valence-corrected chi connectivity index (χ2v) is 4.48. The highest BCUT2D eigenvalue weighted by atomic mass is 16.5. The quantitative estimate of drug-likeness (QED) is 0.789. The molecule has 2 aromatic rings. The smallest absolute Gasteiger partial charge is 0.289 e. The van der Waals surface area contributed by atoms with E-state index in [9.17, 15) is 15.3 Å². The molecule has 0 aliphatic carbocycles. The maximum atomic E-state index is 12.2. The Morgan fingerprint density at radius 1 is 1.13 bits per heavy atom. The Labute approximate surface area is 131 Å². The molecule has 4 N–H and O–H groups in total. The minimum atomic E-state index is -0.795. The molecule has 0 bridgehead atoms. The van der Waals surface area contributed by atoms with Crippen LogP contribution in [-0.4, -0.2) is 18.9 Å². The summed E-state index contributed by atoms with van der Waals surface area (Å²) in [6.45, 7) is 0. The highest BCUT2D eigenvalue weighted by molar-refractivity contribution is 5.84. The van der Waals surface area contributed by atoms with Crippen molar-refractivity contribution in [3.8, 4) is 34.8 Å². The van der Waals surface area contributed by atoms with Crippen LogP contribution in [0.25, 0.3) is 11.1 Å². The van der Waals surface area contributed by atoms with E-state index in [2.05, 4.69) is 0 Å². The minimum Gasteiger partial charge on any atom is -0.497 e. The zero-order chi connectivity index (χ0) is 17.1. The molecule has 0 saturated carbocycles. The molecule has 116 valence electrons. The number of benzene rings is 1. The summed E-state index contributed by atoms with van der Waals surface area (Å²) in [6.07, 6.45) is 0. The number of rotatable bonds is 3. The van der Waals surface area contributed by atoms with Gasteiger partial charge in [-0.3, -0.25) is 4.79 Å². The number of nitriles is 2. The van der Waals surface area contributed by atoms with Crippen LogP contribution in [0.1, 0.15) is 11.1 Å². The summed E-state index contributed by atoms with van der Waals surface area (Å²) in [5.41, 5.74) is 5.03. The van der Waals surface area contributed by atoms with Crippen LogP contribution >= 0.6 is 0 Å². The molecule has 0 amide bonds. The predicted molar refractivity (Wildman–Crippen MR) is 83.2 cm³/mol. The zero-order valence-electron chi connectivity index (χ0n) is 12.5. The Bertz CT molecular complexity index is 919. The Balaban J connectivity index is 2.98. The number of ether oxygens (including phenoxy) is 2. The van der Waals surface area contributed by atoms with Gasteiger partial charge in [0, 0.05) is 17.2 Å². The highest BCUT2D eigenvalue weighted by Crippen LogP contribution is 2.37. The summed E-state index contributed by atoms with van der Waals surface area (Å²) in [5.74, 6) is 6.13. The number of nitrogens with zero attached hydrogens (tertiary/aromatic N) is 3. The normalized spacial score (nSPS) is 9.74. The van der Waals surface area contributed by atoms with Gasteiger partial charge < -0.3 is 21.1 Å². The van der Waals surface area contributed by atoms with Gasteiger partial charge in [-0.05, 0) is 12.1 Å². The molecule has 0 unspecified atom stereocenters. The number of nitrogens with two attached hydrogens (primary N) is 2. The van der Waals surface area contributed by atoms with E-state index in [1.807, 2.05) is 6.07 Å². The largest absolute Gasteiger partial charge is 0.497 e. The summed E-state index contributed by atoms with van der Waals surface area (Å²) in [6, 6.07) is 8.43. The van der Waals surface area contributed by atoms with Gasteiger partial charge in [-0.1, -0.05) is 0 Å². The van der Waals surface area contributed by atoms with Crippen LogP contribution in [0.2, 0.25) is 0 Å². The summed E-state index contributed by atoms with van der Waals surface area (Å²) < 4.78 is 11.0. The molecule has 8 heteroatoms. The van der Waals surface area contributed by atoms with Crippen LogP contribution in [0, 0.1) is 22.7 Å². The Hall–Kier alpha value is -3.65. The van der Waals surface area contributed by atoms with Crippen molar-refractivity contribution < 1.29 is 9.47 Å². The van der Waals surface area contributed by atoms with Crippen molar-refractivity contribution in [3.05, 3.63) is 39.7 Å². The molecule has 0 atom stereocenters. The fraction of sp³-hybridized carbons (Fsp3) is 0.133. The lowest BCUT2D eigenvalue weighted by Gasteiger charge is -2.15. The van der Waals surface area contributed by atoms with E-state index in [4.69, 9.17) is 21.1 Å². The van der Waals surface area contributed by atoms with Gasteiger partial charge in [-0.25, -0.2) is 4.68 Å². The van der Waals surface area contributed by atoms with Crippen LogP contribution in [-0.2, 0) is 0 Å². The van der Waals surface area contributed by atoms with Gasteiger partial charge in [0.1, 0.15) is 40.6 Å². The maximum Gasteiger partial charge on any atom is 0.289 e. The van der Waals surface area contributed by atoms with Gasteiger partial charge in [0.15, 0.2) is 0 Å². The molecule has 0 spiro atoms. The summed E-state index contributed by atoms with van der Waals surface area (Å²) in [7, 11) is 2.91. The van der Waals surface area contributed by atoms with Crippen LogP contribution in [0.15, 0.2) is 23.0 Å². The van der Waals surface area contributed by atoms with Crippen molar-refractivity contribution in [3.63, 3.8) is 0 Å². The molecular weight excluding hydrogens is 298 g/mol. The summed E-state index contributed by atoms with van der Waals surface area (Å²) >= 11 is 0. The van der Waals surface area contributed by atoms with Crippen molar-refractivity contribution in [1.29, 1.82) is 10.5 Å². The van der Waals surface area contributed by atoms with Crippen LogP contribution in [0.3, 0.4) is 0 Å². The van der Waals surface area contributed by atoms with Crippen molar-refractivity contribution in [2.24, 2.45) is 0 Å². The van der Waals surface area contributed by atoms with Crippen molar-refractivity contribution in [2.75, 3.05) is 25.8 Å². The van der Waals surface area contributed by atoms with Crippen molar-refractivity contribution in [2.45, 2.75) is 0 Å². The monoisotopic (exact) mass is 311 g/mol. The first-order chi connectivity index (χ1) is 11.0. The van der Waals surface area contributed by atoms with Gasteiger partial charge in [-0.15, -0.1) is 0 Å². The van der Waals surface area contributed by atoms with Crippen LogP contribution < -0.4 is 26.6 Å². The van der Waals surface area contributed by atoms with Crippen LogP contribution in [0.5, 0.6) is 11.5 Å². The number of methoxy groups -OCH3 is 2. The fourth-order valence-corrected chi connectivity index (χ4v) is 2.20. The second-order valence-electron chi connectivity index (χ2n) is 4.48. The first-order valence-corrected chi connectivity index (χ1v) is 6.36. The van der Waals surface area contributed by atoms with E-state index in [-0.39, 0.29) is 22.5 Å². The minimum absolute atomic E-state index is 0.0767. The van der Waals surface area contributed by atoms with Gasteiger partial charge in [0.25, 0.3) is 5.56 Å². The maximum absolute atomic E-state index is 12.2. The molecule has 0 saturated heterocycles. The summed E-state index contributed by atoms with van der Waals surface area (Å²) in [4.78, 5) is 12.2. The Morgan fingerprint density at radius 2 is 1.78 bits per heavy atom. The molecule has 0 fully saturated rings. The third-order valence-electron chi connectivity index (χ3n) is 3.35. The van der Waals surface area contributed by atoms with E-state index in [0.29, 0.717) is 21.7 Å². The molecule has 0 aliphatic rings. The number of pyridine rings is 1. The highest BCUT2D eigenvalue weighted by Gasteiger charge is 2.23. The number of aromatic nitrogens is 1.